The highest BCUT2D eigenvalue weighted by molar-refractivity contribution is 7.85. The van der Waals surface area contributed by atoms with Gasteiger partial charge in [-0.3, -0.25) is 9.00 Å². The fourth-order valence-corrected chi connectivity index (χ4v) is 2.35. The van der Waals surface area contributed by atoms with Gasteiger partial charge in [-0.15, -0.1) is 0 Å². The zero-order chi connectivity index (χ0) is 12.1. The molecule has 0 fully saturated rings. The maximum absolute atomic E-state index is 11.8. The van der Waals surface area contributed by atoms with E-state index in [1.54, 1.807) is 31.2 Å². The van der Waals surface area contributed by atoms with Gasteiger partial charge in [0, 0.05) is 21.6 Å². The molecule has 0 aliphatic rings. The van der Waals surface area contributed by atoms with Crippen LogP contribution in [0.5, 0.6) is 0 Å². The highest BCUT2D eigenvalue weighted by atomic mass is 35.5. The minimum Gasteiger partial charge on any atom is -0.468 e. The van der Waals surface area contributed by atoms with Crippen LogP contribution >= 0.6 is 11.6 Å². The summed E-state index contributed by atoms with van der Waals surface area (Å²) in [7, 11) is 0.0200. The summed E-state index contributed by atoms with van der Waals surface area (Å²) in [4.78, 5) is 11.2. The van der Waals surface area contributed by atoms with Gasteiger partial charge in [-0.1, -0.05) is 23.7 Å². The van der Waals surface area contributed by atoms with E-state index in [2.05, 4.69) is 4.74 Å². The van der Waals surface area contributed by atoms with Gasteiger partial charge in [0.15, 0.2) is 0 Å². The van der Waals surface area contributed by atoms with E-state index in [9.17, 15) is 9.00 Å². The molecule has 1 aromatic carbocycles. The van der Waals surface area contributed by atoms with Gasteiger partial charge in [0.1, 0.15) is 5.25 Å². The van der Waals surface area contributed by atoms with Crippen LogP contribution in [0.15, 0.2) is 24.3 Å². The summed E-state index contributed by atoms with van der Waals surface area (Å²) in [6.45, 7) is 1.60. The average Bonchev–Trinajstić information content (AvgIpc) is 2.30. The van der Waals surface area contributed by atoms with E-state index in [4.69, 9.17) is 11.6 Å². The Kier molecular flexibility index (Phi) is 4.96. The molecule has 88 valence electrons. The van der Waals surface area contributed by atoms with Crippen molar-refractivity contribution in [2.45, 2.75) is 17.9 Å². The van der Waals surface area contributed by atoms with E-state index in [0.29, 0.717) is 10.8 Å². The minimum atomic E-state index is -1.27. The second-order valence-electron chi connectivity index (χ2n) is 3.32. The molecule has 2 atom stereocenters. The second kappa shape index (κ2) is 6.01. The van der Waals surface area contributed by atoms with Gasteiger partial charge < -0.3 is 4.74 Å². The Balaban J connectivity index is 2.64. The van der Waals surface area contributed by atoms with Crippen LogP contribution in [0.2, 0.25) is 5.02 Å². The summed E-state index contributed by atoms with van der Waals surface area (Å²) in [5.74, 6) is -0.125. The van der Waals surface area contributed by atoms with Crippen molar-refractivity contribution >= 4 is 28.4 Å². The van der Waals surface area contributed by atoms with Crippen molar-refractivity contribution in [1.29, 1.82) is 0 Å². The number of hydrogen-bond acceptors (Lipinski definition) is 3. The molecule has 0 saturated heterocycles. The number of halogens is 1. The number of methoxy groups -OCH3 is 1. The molecule has 3 nitrogen and oxygen atoms in total. The Morgan fingerprint density at radius 3 is 2.50 bits per heavy atom. The Bertz CT molecular complexity index is 389. The molecule has 0 amide bonds. The van der Waals surface area contributed by atoms with Crippen molar-refractivity contribution in [3.8, 4) is 0 Å². The van der Waals surface area contributed by atoms with Crippen LogP contribution < -0.4 is 0 Å². The van der Waals surface area contributed by atoms with Gasteiger partial charge in [-0.05, 0) is 24.6 Å². The Labute approximate surface area is 102 Å². The highest BCUT2D eigenvalue weighted by Crippen LogP contribution is 2.12. The molecular weight excluding hydrogens is 248 g/mol. The molecule has 1 rings (SSSR count). The lowest BCUT2D eigenvalue weighted by Gasteiger charge is -2.09. The maximum atomic E-state index is 11.8. The molecule has 0 saturated carbocycles. The third-order valence-electron chi connectivity index (χ3n) is 2.15. The van der Waals surface area contributed by atoms with Crippen LogP contribution in [0.1, 0.15) is 12.5 Å². The standard InChI is InChI=1S/C11H13ClO3S/c1-8(11(13)15-2)16(14)7-9-3-5-10(12)6-4-9/h3-6,8H,7H2,1-2H3. The molecule has 0 spiro atoms. The van der Waals surface area contributed by atoms with Gasteiger partial charge in [0.25, 0.3) is 0 Å². The second-order valence-corrected chi connectivity index (χ2v) is 5.51. The van der Waals surface area contributed by atoms with Crippen molar-refractivity contribution in [3.05, 3.63) is 34.9 Å². The highest BCUT2D eigenvalue weighted by Gasteiger charge is 2.20. The minimum absolute atomic E-state index is 0.327. The van der Waals surface area contributed by atoms with Crippen molar-refractivity contribution in [2.24, 2.45) is 0 Å². The molecule has 0 radical (unpaired) electrons. The lowest BCUT2D eigenvalue weighted by Crippen LogP contribution is -2.24. The number of rotatable bonds is 4. The van der Waals surface area contributed by atoms with Gasteiger partial charge in [-0.25, -0.2) is 0 Å². The molecule has 16 heavy (non-hydrogen) atoms. The van der Waals surface area contributed by atoms with E-state index in [1.807, 2.05) is 0 Å². The molecule has 2 unspecified atom stereocenters. The molecule has 0 bridgehead atoms. The average molecular weight is 261 g/mol. The van der Waals surface area contributed by atoms with Crippen molar-refractivity contribution < 1.29 is 13.7 Å². The van der Waals surface area contributed by atoms with Crippen LogP contribution in [0.3, 0.4) is 0 Å². The van der Waals surface area contributed by atoms with E-state index in [1.165, 1.54) is 7.11 Å². The maximum Gasteiger partial charge on any atom is 0.321 e. The van der Waals surface area contributed by atoms with Gasteiger partial charge >= 0.3 is 5.97 Å². The van der Waals surface area contributed by atoms with E-state index < -0.39 is 22.0 Å². The first-order chi connectivity index (χ1) is 7.54. The SMILES string of the molecule is COC(=O)C(C)S(=O)Cc1ccc(Cl)cc1. The van der Waals surface area contributed by atoms with Crippen LogP contribution in [0.4, 0.5) is 0 Å². The molecule has 0 N–H and O–H groups in total. The van der Waals surface area contributed by atoms with Crippen molar-refractivity contribution in [1.82, 2.24) is 0 Å². The van der Waals surface area contributed by atoms with Gasteiger partial charge in [0.05, 0.1) is 7.11 Å². The first-order valence-electron chi connectivity index (χ1n) is 4.74. The third-order valence-corrected chi connectivity index (χ3v) is 4.00. The smallest absolute Gasteiger partial charge is 0.321 e. The number of esters is 1. The lowest BCUT2D eigenvalue weighted by atomic mass is 10.2. The fraction of sp³-hybridized carbons (Fsp3) is 0.364. The van der Waals surface area contributed by atoms with Crippen molar-refractivity contribution in [3.63, 3.8) is 0 Å². The van der Waals surface area contributed by atoms with E-state index in [-0.39, 0.29) is 0 Å². The van der Waals surface area contributed by atoms with Gasteiger partial charge in [0.2, 0.25) is 0 Å². The quantitative estimate of drug-likeness (QED) is 0.779. The van der Waals surface area contributed by atoms with Gasteiger partial charge in [-0.2, -0.15) is 0 Å². The van der Waals surface area contributed by atoms with Crippen LogP contribution in [-0.4, -0.2) is 22.5 Å². The van der Waals surface area contributed by atoms with Crippen molar-refractivity contribution in [2.75, 3.05) is 7.11 Å². The first-order valence-corrected chi connectivity index (χ1v) is 6.50. The summed E-state index contributed by atoms with van der Waals surface area (Å²) in [6.07, 6.45) is 0. The molecule has 0 aliphatic carbocycles. The summed E-state index contributed by atoms with van der Waals surface area (Å²) in [5.41, 5.74) is 0.887. The summed E-state index contributed by atoms with van der Waals surface area (Å²) < 4.78 is 16.3. The summed E-state index contributed by atoms with van der Waals surface area (Å²) >= 11 is 5.73. The predicted octanol–water partition coefficient (Wildman–Crippen LogP) is 2.15. The molecule has 0 aliphatic heterocycles. The lowest BCUT2D eigenvalue weighted by molar-refractivity contribution is -0.139. The zero-order valence-electron chi connectivity index (χ0n) is 9.10. The Morgan fingerprint density at radius 1 is 1.44 bits per heavy atom. The third kappa shape index (κ3) is 3.61. The Morgan fingerprint density at radius 2 is 2.00 bits per heavy atom. The molecule has 5 heteroatoms. The van der Waals surface area contributed by atoms with Crippen LogP contribution in [0, 0.1) is 0 Å². The topological polar surface area (TPSA) is 43.4 Å². The number of ether oxygens (including phenoxy) is 1. The normalized spacial score (nSPS) is 14.2. The van der Waals surface area contributed by atoms with Crippen LogP contribution in [-0.2, 0) is 26.1 Å². The number of hydrogen-bond donors (Lipinski definition) is 0. The fourth-order valence-electron chi connectivity index (χ4n) is 1.14. The molecule has 0 aromatic heterocycles. The molecular formula is C11H13ClO3S. The first kappa shape index (κ1) is 13.2. The number of benzene rings is 1. The summed E-state index contributed by atoms with van der Waals surface area (Å²) in [5, 5.41) is 0.0243. The van der Waals surface area contributed by atoms with E-state index >= 15 is 0 Å². The van der Waals surface area contributed by atoms with E-state index in [0.717, 1.165) is 5.56 Å². The summed E-state index contributed by atoms with van der Waals surface area (Å²) in [6, 6.07) is 7.06. The number of carbonyl (C=O) groups is 1. The Hall–Kier alpha value is -0.870. The largest absolute Gasteiger partial charge is 0.468 e. The number of carbonyl (C=O) groups excluding carboxylic acids is 1. The molecule has 0 heterocycles. The predicted molar refractivity (Wildman–Crippen MR) is 64.8 cm³/mol. The zero-order valence-corrected chi connectivity index (χ0v) is 10.7. The monoisotopic (exact) mass is 260 g/mol. The van der Waals surface area contributed by atoms with Crippen LogP contribution in [0.25, 0.3) is 0 Å². The molecule has 1 aromatic rings.